The summed E-state index contributed by atoms with van der Waals surface area (Å²) in [6, 6.07) is 1.54. The molecule has 0 saturated carbocycles. The maximum Gasteiger partial charge on any atom is 0.243 e. The van der Waals surface area contributed by atoms with Crippen molar-refractivity contribution in [3.05, 3.63) is 23.5 Å². The Hall–Kier alpha value is -1.58. The highest BCUT2D eigenvalue weighted by atomic mass is 16.2. The van der Waals surface area contributed by atoms with Crippen molar-refractivity contribution in [3.63, 3.8) is 0 Å². The van der Waals surface area contributed by atoms with E-state index in [1.54, 1.807) is 0 Å². The van der Waals surface area contributed by atoms with E-state index in [9.17, 15) is 9.59 Å². The van der Waals surface area contributed by atoms with E-state index in [-0.39, 0.29) is 28.7 Å². The molecule has 1 amide bonds. The number of ketones is 1. The molecule has 0 bridgehead atoms. The Balaban J connectivity index is 2.31. The van der Waals surface area contributed by atoms with E-state index in [4.69, 9.17) is 0 Å². The number of fused-ring (bicyclic) bond motifs is 1. The summed E-state index contributed by atoms with van der Waals surface area (Å²) in [6.45, 7) is 12.0. The van der Waals surface area contributed by atoms with Gasteiger partial charge in [0.25, 0.3) is 0 Å². The number of carbonyl (C=O) groups is 2. The summed E-state index contributed by atoms with van der Waals surface area (Å²) in [5, 5.41) is 3.00. The lowest BCUT2D eigenvalue weighted by Crippen LogP contribution is -2.44. The van der Waals surface area contributed by atoms with E-state index in [0.717, 1.165) is 17.7 Å². The minimum Gasteiger partial charge on any atom is -0.350 e. The second-order valence-corrected chi connectivity index (χ2v) is 7.94. The molecule has 1 aliphatic carbocycles. The fourth-order valence-corrected chi connectivity index (χ4v) is 2.93. The zero-order valence-corrected chi connectivity index (χ0v) is 13.9. The summed E-state index contributed by atoms with van der Waals surface area (Å²) in [4.78, 5) is 24.6. The number of rotatable bonds is 2. The van der Waals surface area contributed by atoms with Crippen LogP contribution in [0.25, 0.3) is 0 Å². The Labute approximate surface area is 126 Å². The molecule has 1 aromatic rings. The Morgan fingerprint density at radius 3 is 2.52 bits per heavy atom. The average Bonchev–Trinajstić information content (AvgIpc) is 2.67. The fourth-order valence-electron chi connectivity index (χ4n) is 2.93. The molecule has 0 spiro atoms. The molecule has 0 saturated heterocycles. The van der Waals surface area contributed by atoms with Gasteiger partial charge in [0, 0.05) is 29.4 Å². The van der Waals surface area contributed by atoms with Crippen molar-refractivity contribution >= 4 is 11.7 Å². The van der Waals surface area contributed by atoms with Gasteiger partial charge in [0.1, 0.15) is 6.04 Å². The third kappa shape index (κ3) is 3.36. The van der Waals surface area contributed by atoms with Gasteiger partial charge in [-0.25, -0.2) is 0 Å². The molecule has 1 unspecified atom stereocenters. The summed E-state index contributed by atoms with van der Waals surface area (Å²) in [6.07, 6.45) is 3.28. The van der Waals surface area contributed by atoms with Crippen LogP contribution in [-0.2, 0) is 11.2 Å². The third-order valence-corrected chi connectivity index (χ3v) is 3.90. The Kier molecular flexibility index (Phi) is 3.77. The SMILES string of the molecule is CC(C(=O)NC(C)(C)C)n1ccc2c1CC(C)(C)CC2=O. The Bertz CT molecular complexity index is 576. The summed E-state index contributed by atoms with van der Waals surface area (Å²) < 4.78 is 1.95. The van der Waals surface area contributed by atoms with Crippen molar-refractivity contribution in [2.45, 2.75) is 66.0 Å². The lowest BCUT2D eigenvalue weighted by molar-refractivity contribution is -0.125. The number of amides is 1. The summed E-state index contributed by atoms with van der Waals surface area (Å²) in [5.74, 6) is 0.167. The smallest absolute Gasteiger partial charge is 0.243 e. The van der Waals surface area contributed by atoms with Crippen LogP contribution >= 0.6 is 0 Å². The van der Waals surface area contributed by atoms with E-state index in [2.05, 4.69) is 19.2 Å². The van der Waals surface area contributed by atoms with Gasteiger partial charge in [-0.1, -0.05) is 13.8 Å². The van der Waals surface area contributed by atoms with Crippen LogP contribution in [-0.4, -0.2) is 21.8 Å². The van der Waals surface area contributed by atoms with E-state index in [1.807, 2.05) is 44.5 Å². The van der Waals surface area contributed by atoms with Crippen LogP contribution in [0, 0.1) is 5.41 Å². The second kappa shape index (κ2) is 5.00. The zero-order chi connectivity index (χ0) is 16.0. The number of aromatic nitrogens is 1. The van der Waals surface area contributed by atoms with Crippen LogP contribution in [0.2, 0.25) is 0 Å². The van der Waals surface area contributed by atoms with Crippen molar-refractivity contribution in [1.29, 1.82) is 0 Å². The molecule has 1 atom stereocenters. The molecule has 0 aliphatic heterocycles. The van der Waals surface area contributed by atoms with Gasteiger partial charge in [-0.3, -0.25) is 9.59 Å². The molecule has 1 N–H and O–H groups in total. The molecule has 0 radical (unpaired) electrons. The zero-order valence-electron chi connectivity index (χ0n) is 13.9. The normalized spacial score (nSPS) is 19.0. The predicted molar refractivity (Wildman–Crippen MR) is 83.5 cm³/mol. The first-order chi connectivity index (χ1) is 9.50. The first kappa shape index (κ1) is 15.8. The van der Waals surface area contributed by atoms with Crippen molar-refractivity contribution < 1.29 is 9.59 Å². The Morgan fingerprint density at radius 1 is 1.33 bits per heavy atom. The third-order valence-electron chi connectivity index (χ3n) is 3.90. The highest BCUT2D eigenvalue weighted by Crippen LogP contribution is 2.36. The van der Waals surface area contributed by atoms with Crippen molar-refractivity contribution in [2.24, 2.45) is 5.41 Å². The molecule has 21 heavy (non-hydrogen) atoms. The maximum absolute atomic E-state index is 12.4. The van der Waals surface area contributed by atoms with E-state index in [0.29, 0.717) is 6.42 Å². The standard InChI is InChI=1S/C17H26N2O2/c1-11(15(21)18-16(2,3)4)19-8-7-12-13(19)9-17(5,6)10-14(12)20/h7-8,11H,9-10H2,1-6H3,(H,18,21). The lowest BCUT2D eigenvalue weighted by Gasteiger charge is -2.31. The minimum atomic E-state index is -0.310. The quantitative estimate of drug-likeness (QED) is 0.910. The van der Waals surface area contributed by atoms with Gasteiger partial charge in [0.2, 0.25) is 5.91 Å². The van der Waals surface area contributed by atoms with Crippen LogP contribution in [0.5, 0.6) is 0 Å². The number of hydrogen-bond donors (Lipinski definition) is 1. The van der Waals surface area contributed by atoms with Gasteiger partial charge in [0.05, 0.1) is 0 Å². The summed E-state index contributed by atoms with van der Waals surface area (Å²) >= 11 is 0. The van der Waals surface area contributed by atoms with Gasteiger partial charge in [-0.05, 0) is 45.6 Å². The first-order valence-electron chi connectivity index (χ1n) is 7.55. The molecule has 4 heteroatoms. The predicted octanol–water partition coefficient (Wildman–Crippen LogP) is 3.12. The molecule has 0 aromatic carbocycles. The lowest BCUT2D eigenvalue weighted by atomic mass is 9.76. The van der Waals surface area contributed by atoms with Crippen LogP contribution in [0.1, 0.15) is 70.1 Å². The van der Waals surface area contributed by atoms with E-state index < -0.39 is 0 Å². The first-order valence-corrected chi connectivity index (χ1v) is 7.55. The fraction of sp³-hybridized carbons (Fsp3) is 0.647. The highest BCUT2D eigenvalue weighted by molar-refractivity contribution is 5.99. The topological polar surface area (TPSA) is 51.1 Å². The molecule has 1 aliphatic rings. The van der Waals surface area contributed by atoms with Crippen LogP contribution in [0.3, 0.4) is 0 Å². The van der Waals surface area contributed by atoms with Crippen LogP contribution in [0.4, 0.5) is 0 Å². The molecule has 0 fully saturated rings. The minimum absolute atomic E-state index is 0.0169. The monoisotopic (exact) mass is 290 g/mol. The van der Waals surface area contributed by atoms with Crippen LogP contribution < -0.4 is 5.32 Å². The maximum atomic E-state index is 12.4. The molecular weight excluding hydrogens is 264 g/mol. The molecule has 4 nitrogen and oxygen atoms in total. The highest BCUT2D eigenvalue weighted by Gasteiger charge is 2.34. The molecule has 1 aromatic heterocycles. The van der Waals surface area contributed by atoms with E-state index >= 15 is 0 Å². The number of Topliss-reactive ketones (excluding diaryl/α,β-unsaturated/α-hetero) is 1. The summed E-state index contributed by atoms with van der Waals surface area (Å²) in [5.41, 5.74) is 1.48. The summed E-state index contributed by atoms with van der Waals surface area (Å²) in [7, 11) is 0. The number of hydrogen-bond acceptors (Lipinski definition) is 2. The Morgan fingerprint density at radius 2 is 1.95 bits per heavy atom. The van der Waals surface area contributed by atoms with Gasteiger partial charge < -0.3 is 9.88 Å². The van der Waals surface area contributed by atoms with Gasteiger partial charge in [-0.15, -0.1) is 0 Å². The number of carbonyl (C=O) groups excluding carboxylic acids is 2. The van der Waals surface area contributed by atoms with Gasteiger partial charge >= 0.3 is 0 Å². The van der Waals surface area contributed by atoms with Crippen molar-refractivity contribution in [3.8, 4) is 0 Å². The van der Waals surface area contributed by atoms with Crippen LogP contribution in [0.15, 0.2) is 12.3 Å². The molecule has 116 valence electrons. The van der Waals surface area contributed by atoms with Gasteiger partial charge in [0.15, 0.2) is 5.78 Å². The largest absolute Gasteiger partial charge is 0.350 e. The van der Waals surface area contributed by atoms with E-state index in [1.165, 1.54) is 0 Å². The van der Waals surface area contributed by atoms with Crippen molar-refractivity contribution in [2.75, 3.05) is 0 Å². The molecule has 1 heterocycles. The molecule has 2 rings (SSSR count). The van der Waals surface area contributed by atoms with Gasteiger partial charge in [-0.2, -0.15) is 0 Å². The second-order valence-electron chi connectivity index (χ2n) is 7.94. The van der Waals surface area contributed by atoms with Crippen molar-refractivity contribution in [1.82, 2.24) is 9.88 Å². The molecular formula is C17H26N2O2. The number of nitrogens with zero attached hydrogens (tertiary/aromatic N) is 1. The number of nitrogens with one attached hydrogen (secondary N) is 1. The average molecular weight is 290 g/mol.